The summed E-state index contributed by atoms with van der Waals surface area (Å²) in [6, 6.07) is 0. The smallest absolute Gasteiger partial charge is 0.0267 e. The highest BCUT2D eigenvalue weighted by Crippen LogP contribution is 2.58. The Labute approximate surface area is 95.8 Å². The number of rotatable bonds is 3. The lowest BCUT2D eigenvalue weighted by atomic mass is 9.62. The topological polar surface area (TPSA) is 0 Å². The molecule has 2 saturated carbocycles. The van der Waals surface area contributed by atoms with E-state index in [0.717, 1.165) is 23.2 Å². The van der Waals surface area contributed by atoms with Crippen molar-refractivity contribution >= 4 is 0 Å². The van der Waals surface area contributed by atoms with Crippen molar-refractivity contribution in [2.24, 2.45) is 23.2 Å². The van der Waals surface area contributed by atoms with Gasteiger partial charge >= 0.3 is 0 Å². The van der Waals surface area contributed by atoms with E-state index < -0.39 is 0 Å². The minimum Gasteiger partial charge on any atom is -0.0654 e. The van der Waals surface area contributed by atoms with Crippen molar-refractivity contribution in [1.82, 2.24) is 0 Å². The maximum atomic E-state index is 2.61. The minimum absolute atomic E-state index is 0.729. The van der Waals surface area contributed by atoms with Crippen LogP contribution < -0.4 is 0 Å². The molecular formula is C15H28. The van der Waals surface area contributed by atoms with Crippen LogP contribution in [0.25, 0.3) is 0 Å². The van der Waals surface area contributed by atoms with Crippen molar-refractivity contribution in [3.8, 4) is 0 Å². The third-order valence-corrected chi connectivity index (χ3v) is 5.55. The molecule has 2 fully saturated rings. The van der Waals surface area contributed by atoms with Gasteiger partial charge in [0.05, 0.1) is 0 Å². The Morgan fingerprint density at radius 2 is 2.00 bits per heavy atom. The van der Waals surface area contributed by atoms with Crippen LogP contribution >= 0.6 is 0 Å². The van der Waals surface area contributed by atoms with Crippen LogP contribution in [0.2, 0.25) is 0 Å². The fourth-order valence-electron chi connectivity index (χ4n) is 4.69. The zero-order valence-electron chi connectivity index (χ0n) is 10.9. The van der Waals surface area contributed by atoms with E-state index in [2.05, 4.69) is 20.8 Å². The first-order valence-corrected chi connectivity index (χ1v) is 7.18. The number of hydrogen-bond donors (Lipinski definition) is 0. The fourth-order valence-corrected chi connectivity index (χ4v) is 4.69. The third-order valence-electron chi connectivity index (χ3n) is 5.55. The first kappa shape index (κ1) is 11.5. The van der Waals surface area contributed by atoms with Gasteiger partial charge in [-0.05, 0) is 48.9 Å². The monoisotopic (exact) mass is 208 g/mol. The molecule has 0 radical (unpaired) electrons. The van der Waals surface area contributed by atoms with Crippen molar-refractivity contribution in [2.75, 3.05) is 0 Å². The summed E-state index contributed by atoms with van der Waals surface area (Å²) in [4.78, 5) is 0. The second kappa shape index (κ2) is 4.47. The quantitative estimate of drug-likeness (QED) is 0.610. The molecule has 0 spiro atoms. The van der Waals surface area contributed by atoms with Crippen LogP contribution in [0.15, 0.2) is 0 Å². The average Bonchev–Trinajstić information content (AvgIpc) is 2.55. The number of fused-ring (bicyclic) bond motifs is 1. The Bertz CT molecular complexity index is 208. The molecule has 0 aromatic heterocycles. The van der Waals surface area contributed by atoms with Gasteiger partial charge in [0.1, 0.15) is 0 Å². The van der Waals surface area contributed by atoms with Crippen LogP contribution in [0.3, 0.4) is 0 Å². The standard InChI is InChI=1S/C15H28/c1-4-7-12(2)14-10-9-13-8-5-6-11-15(13,14)3/h12-14H,4-11H2,1-3H3/t12-,13?,14?,15?/m1/s1. The van der Waals surface area contributed by atoms with E-state index in [0.29, 0.717) is 0 Å². The van der Waals surface area contributed by atoms with Crippen LogP contribution in [-0.4, -0.2) is 0 Å². The van der Waals surface area contributed by atoms with Crippen molar-refractivity contribution < 1.29 is 0 Å². The largest absolute Gasteiger partial charge is 0.0654 e. The second-order valence-electron chi connectivity index (χ2n) is 6.40. The molecule has 2 aliphatic carbocycles. The molecule has 0 heterocycles. The predicted octanol–water partition coefficient (Wildman–Crippen LogP) is 5.03. The second-order valence-corrected chi connectivity index (χ2v) is 6.40. The molecule has 0 bridgehead atoms. The molecule has 0 amide bonds. The number of hydrogen-bond acceptors (Lipinski definition) is 0. The van der Waals surface area contributed by atoms with Crippen LogP contribution in [-0.2, 0) is 0 Å². The Morgan fingerprint density at radius 1 is 1.20 bits per heavy atom. The molecule has 3 unspecified atom stereocenters. The van der Waals surface area contributed by atoms with E-state index in [1.807, 2.05) is 0 Å². The highest BCUT2D eigenvalue weighted by molar-refractivity contribution is 4.98. The Morgan fingerprint density at radius 3 is 2.73 bits per heavy atom. The van der Waals surface area contributed by atoms with E-state index in [9.17, 15) is 0 Å². The highest BCUT2D eigenvalue weighted by atomic mass is 14.5. The van der Waals surface area contributed by atoms with E-state index >= 15 is 0 Å². The minimum atomic E-state index is 0.729. The fraction of sp³-hybridized carbons (Fsp3) is 1.00. The average molecular weight is 208 g/mol. The zero-order chi connectivity index (χ0) is 10.9. The lowest BCUT2D eigenvalue weighted by Crippen LogP contribution is -2.34. The summed E-state index contributed by atoms with van der Waals surface area (Å²) >= 11 is 0. The summed E-state index contributed by atoms with van der Waals surface area (Å²) in [6.45, 7) is 7.46. The van der Waals surface area contributed by atoms with Gasteiger partial charge in [0.15, 0.2) is 0 Å². The normalized spacial score (nSPS) is 42.6. The van der Waals surface area contributed by atoms with Gasteiger partial charge in [-0.15, -0.1) is 0 Å². The molecule has 0 aromatic carbocycles. The van der Waals surface area contributed by atoms with Gasteiger partial charge in [-0.25, -0.2) is 0 Å². The third kappa shape index (κ3) is 1.97. The molecule has 0 saturated heterocycles. The van der Waals surface area contributed by atoms with Gasteiger partial charge < -0.3 is 0 Å². The van der Waals surface area contributed by atoms with Gasteiger partial charge in [0.25, 0.3) is 0 Å². The molecule has 0 N–H and O–H groups in total. The summed E-state index contributed by atoms with van der Waals surface area (Å²) in [7, 11) is 0. The molecule has 15 heavy (non-hydrogen) atoms. The Hall–Kier alpha value is 0. The summed E-state index contributed by atoms with van der Waals surface area (Å²) in [6.07, 6.45) is 12.0. The van der Waals surface area contributed by atoms with Crippen molar-refractivity contribution in [3.63, 3.8) is 0 Å². The first-order valence-electron chi connectivity index (χ1n) is 7.18. The van der Waals surface area contributed by atoms with Crippen molar-refractivity contribution in [3.05, 3.63) is 0 Å². The van der Waals surface area contributed by atoms with Crippen molar-refractivity contribution in [2.45, 2.75) is 72.1 Å². The molecular weight excluding hydrogens is 180 g/mol. The van der Waals surface area contributed by atoms with E-state index in [1.165, 1.54) is 51.4 Å². The van der Waals surface area contributed by atoms with Crippen LogP contribution in [0.4, 0.5) is 0 Å². The summed E-state index contributed by atoms with van der Waals surface area (Å²) in [5, 5.41) is 0. The van der Waals surface area contributed by atoms with E-state index in [4.69, 9.17) is 0 Å². The molecule has 0 aromatic rings. The maximum absolute atomic E-state index is 2.61. The summed E-state index contributed by atoms with van der Waals surface area (Å²) in [5.41, 5.74) is 0.729. The Balaban J connectivity index is 2.06. The van der Waals surface area contributed by atoms with Crippen LogP contribution in [0.5, 0.6) is 0 Å². The molecule has 0 aliphatic heterocycles. The molecule has 0 heteroatoms. The van der Waals surface area contributed by atoms with Gasteiger partial charge in [-0.2, -0.15) is 0 Å². The van der Waals surface area contributed by atoms with Gasteiger partial charge in [-0.1, -0.05) is 46.5 Å². The molecule has 2 rings (SSSR count). The first-order chi connectivity index (χ1) is 7.18. The Kier molecular flexibility index (Phi) is 3.42. The summed E-state index contributed by atoms with van der Waals surface area (Å²) < 4.78 is 0. The van der Waals surface area contributed by atoms with E-state index in [1.54, 1.807) is 0 Å². The highest BCUT2D eigenvalue weighted by Gasteiger charge is 2.48. The summed E-state index contributed by atoms with van der Waals surface area (Å²) in [5.74, 6) is 3.10. The molecule has 4 atom stereocenters. The zero-order valence-corrected chi connectivity index (χ0v) is 10.9. The van der Waals surface area contributed by atoms with Gasteiger partial charge in [-0.3, -0.25) is 0 Å². The van der Waals surface area contributed by atoms with Gasteiger partial charge in [0, 0.05) is 0 Å². The maximum Gasteiger partial charge on any atom is -0.0267 e. The lowest BCUT2D eigenvalue weighted by molar-refractivity contribution is 0.0670. The SMILES string of the molecule is CCC[C@@H](C)C1CCC2CCCCC21C. The van der Waals surface area contributed by atoms with Crippen LogP contribution in [0.1, 0.15) is 72.1 Å². The van der Waals surface area contributed by atoms with E-state index in [-0.39, 0.29) is 0 Å². The lowest BCUT2D eigenvalue weighted by Gasteiger charge is -2.43. The predicted molar refractivity (Wildman–Crippen MR) is 66.9 cm³/mol. The van der Waals surface area contributed by atoms with Crippen molar-refractivity contribution in [1.29, 1.82) is 0 Å². The molecule has 0 nitrogen and oxygen atoms in total. The van der Waals surface area contributed by atoms with Gasteiger partial charge in [0.2, 0.25) is 0 Å². The van der Waals surface area contributed by atoms with Crippen LogP contribution in [0, 0.1) is 23.2 Å². The molecule has 2 aliphatic rings. The molecule has 88 valence electrons.